The zero-order valence-corrected chi connectivity index (χ0v) is 12.7. The van der Waals surface area contributed by atoms with Gasteiger partial charge < -0.3 is 15.0 Å². The Kier molecular flexibility index (Phi) is 3.98. The Hall–Kier alpha value is -3.26. The van der Waals surface area contributed by atoms with Crippen LogP contribution >= 0.6 is 0 Å². The summed E-state index contributed by atoms with van der Waals surface area (Å²) in [5, 5.41) is 19.8. The van der Waals surface area contributed by atoms with Crippen LogP contribution in [0, 0.1) is 11.3 Å². The number of anilines is 1. The zero-order chi connectivity index (χ0) is 16.2. The van der Waals surface area contributed by atoms with Crippen molar-refractivity contribution in [3.8, 4) is 6.07 Å². The molecule has 1 heterocycles. The number of aromatic nitrogens is 2. The van der Waals surface area contributed by atoms with E-state index in [9.17, 15) is 10.4 Å². The molecule has 0 saturated carbocycles. The van der Waals surface area contributed by atoms with Gasteiger partial charge in [0.25, 0.3) is 0 Å². The Morgan fingerprint density at radius 3 is 2.57 bits per heavy atom. The number of allylic oxidation sites excluding steroid dienone is 1. The molecule has 1 aromatic heterocycles. The molecule has 23 heavy (non-hydrogen) atoms. The Labute approximate surface area is 134 Å². The molecule has 2 N–H and O–H groups in total. The van der Waals surface area contributed by atoms with Crippen molar-refractivity contribution in [3.05, 3.63) is 66.2 Å². The third kappa shape index (κ3) is 3.01. The first kappa shape index (κ1) is 14.7. The second-order valence-corrected chi connectivity index (χ2v) is 5.23. The second kappa shape index (κ2) is 6.24. The fourth-order valence-corrected chi connectivity index (χ4v) is 2.40. The van der Waals surface area contributed by atoms with E-state index in [1.807, 2.05) is 72.6 Å². The Morgan fingerprint density at radius 2 is 1.87 bits per heavy atom. The molecule has 3 aromatic rings. The summed E-state index contributed by atoms with van der Waals surface area (Å²) in [7, 11) is 1.86. The molecule has 0 aliphatic rings. The molecule has 114 valence electrons. The van der Waals surface area contributed by atoms with Crippen LogP contribution in [0.15, 0.2) is 60.4 Å². The van der Waals surface area contributed by atoms with E-state index >= 15 is 0 Å². The molecule has 0 saturated heterocycles. The van der Waals surface area contributed by atoms with Crippen LogP contribution in [-0.2, 0) is 0 Å². The fraction of sp³-hybridized carbons (Fsp3) is 0.111. The van der Waals surface area contributed by atoms with Gasteiger partial charge in [0, 0.05) is 12.7 Å². The van der Waals surface area contributed by atoms with Crippen LogP contribution in [0.1, 0.15) is 5.82 Å². The summed E-state index contributed by atoms with van der Waals surface area (Å²) in [6.45, 7) is 0.226. The lowest BCUT2D eigenvalue weighted by molar-refractivity contribution is 0.404. The average Bonchev–Trinajstić information content (AvgIpc) is 2.99. The number of aliphatic hydroxyl groups is 1. The van der Waals surface area contributed by atoms with E-state index in [-0.39, 0.29) is 17.9 Å². The molecule has 2 aromatic carbocycles. The lowest BCUT2D eigenvalue weighted by Crippen LogP contribution is -2.20. The van der Waals surface area contributed by atoms with Gasteiger partial charge in [0.15, 0.2) is 5.82 Å². The smallest absolute Gasteiger partial charge is 0.152 e. The van der Waals surface area contributed by atoms with E-state index < -0.39 is 0 Å². The largest absolute Gasteiger partial charge is 0.509 e. The lowest BCUT2D eigenvalue weighted by Gasteiger charge is -2.18. The number of fused-ring (bicyclic) bond motifs is 1. The van der Waals surface area contributed by atoms with Gasteiger partial charge >= 0.3 is 0 Å². The molecule has 3 rings (SSSR count). The molecule has 0 radical (unpaired) electrons. The maximum absolute atomic E-state index is 10.4. The third-order valence-electron chi connectivity index (χ3n) is 3.61. The predicted octanol–water partition coefficient (Wildman–Crippen LogP) is 3.49. The molecule has 5 nitrogen and oxygen atoms in total. The molecule has 0 aliphatic carbocycles. The molecular formula is C18H16N4O. The molecule has 0 unspecified atom stereocenters. The topological polar surface area (TPSA) is 75.9 Å². The van der Waals surface area contributed by atoms with Gasteiger partial charge in [-0.1, -0.05) is 30.3 Å². The normalized spacial score (nSPS) is 11.8. The van der Waals surface area contributed by atoms with Crippen molar-refractivity contribution in [2.45, 2.75) is 0 Å². The van der Waals surface area contributed by atoms with Gasteiger partial charge in [-0.2, -0.15) is 5.26 Å². The van der Waals surface area contributed by atoms with Crippen molar-refractivity contribution in [1.82, 2.24) is 9.97 Å². The van der Waals surface area contributed by atoms with Gasteiger partial charge in [-0.25, -0.2) is 4.98 Å². The van der Waals surface area contributed by atoms with E-state index in [0.717, 1.165) is 16.7 Å². The highest BCUT2D eigenvalue weighted by atomic mass is 16.3. The number of aliphatic hydroxyl groups excluding tert-OH is 1. The van der Waals surface area contributed by atoms with Crippen molar-refractivity contribution in [1.29, 1.82) is 5.26 Å². The van der Waals surface area contributed by atoms with E-state index in [2.05, 4.69) is 9.97 Å². The molecule has 5 heteroatoms. The first-order valence-electron chi connectivity index (χ1n) is 7.22. The van der Waals surface area contributed by atoms with Crippen LogP contribution in [0.5, 0.6) is 0 Å². The fourth-order valence-electron chi connectivity index (χ4n) is 2.40. The van der Waals surface area contributed by atoms with Crippen molar-refractivity contribution in [2.24, 2.45) is 0 Å². The maximum atomic E-state index is 10.4. The molecule has 0 fully saturated rings. The number of rotatable bonds is 4. The highest BCUT2D eigenvalue weighted by Gasteiger charge is 2.14. The van der Waals surface area contributed by atoms with Crippen LogP contribution in [0.25, 0.3) is 16.6 Å². The standard InChI is InChI=1S/C18H16N4O/c1-22(13-7-3-2-4-8-13)12-17(23)14(11-19)18-20-15-9-5-6-10-16(15)21-18/h2-10,23H,12H2,1H3,(H,20,21)/b17-14-. The van der Waals surface area contributed by atoms with E-state index in [0.29, 0.717) is 5.82 Å². The summed E-state index contributed by atoms with van der Waals surface area (Å²) in [4.78, 5) is 9.31. The Morgan fingerprint density at radius 1 is 1.17 bits per heavy atom. The Bertz CT molecular complexity index is 857. The number of nitrogens with one attached hydrogen (secondary N) is 1. The third-order valence-corrected chi connectivity index (χ3v) is 3.61. The molecule has 0 spiro atoms. The van der Waals surface area contributed by atoms with Gasteiger partial charge in [0.1, 0.15) is 17.4 Å². The van der Waals surface area contributed by atoms with Gasteiger partial charge in [-0.15, -0.1) is 0 Å². The SMILES string of the molecule is CN(C/C(O)=C(\C#N)c1nc2ccccc2[nH]1)c1ccccc1. The summed E-state index contributed by atoms with van der Waals surface area (Å²) >= 11 is 0. The molecule has 0 aliphatic heterocycles. The van der Waals surface area contributed by atoms with Gasteiger partial charge in [-0.3, -0.25) is 0 Å². The van der Waals surface area contributed by atoms with Gasteiger partial charge in [0.05, 0.1) is 17.6 Å². The summed E-state index contributed by atoms with van der Waals surface area (Å²) in [5.74, 6) is 0.366. The highest BCUT2D eigenvalue weighted by molar-refractivity contribution is 5.83. The quantitative estimate of drug-likeness (QED) is 0.571. The Balaban J connectivity index is 1.92. The molecule has 0 atom stereocenters. The molecule has 0 bridgehead atoms. The minimum atomic E-state index is -0.0158. The predicted molar refractivity (Wildman–Crippen MR) is 91.0 cm³/mol. The van der Waals surface area contributed by atoms with Crippen LogP contribution in [0.4, 0.5) is 5.69 Å². The summed E-state index contributed by atoms with van der Waals surface area (Å²) in [6.07, 6.45) is 0. The number of benzene rings is 2. The van der Waals surface area contributed by atoms with Crippen LogP contribution in [0.3, 0.4) is 0 Å². The summed E-state index contributed by atoms with van der Waals surface area (Å²) in [6, 6.07) is 19.2. The average molecular weight is 304 g/mol. The van der Waals surface area contributed by atoms with Crippen LogP contribution in [-0.4, -0.2) is 28.7 Å². The van der Waals surface area contributed by atoms with Crippen molar-refractivity contribution >= 4 is 22.3 Å². The molecule has 0 amide bonds. The van der Waals surface area contributed by atoms with E-state index in [1.165, 1.54) is 0 Å². The number of para-hydroxylation sites is 3. The lowest BCUT2D eigenvalue weighted by atomic mass is 10.2. The highest BCUT2D eigenvalue weighted by Crippen LogP contribution is 2.20. The number of hydrogen-bond acceptors (Lipinski definition) is 4. The van der Waals surface area contributed by atoms with Crippen molar-refractivity contribution < 1.29 is 5.11 Å². The number of nitrogens with zero attached hydrogens (tertiary/aromatic N) is 3. The number of H-pyrrole nitrogens is 1. The second-order valence-electron chi connectivity index (χ2n) is 5.23. The molecular weight excluding hydrogens is 288 g/mol. The van der Waals surface area contributed by atoms with Gasteiger partial charge in [-0.05, 0) is 24.3 Å². The van der Waals surface area contributed by atoms with Gasteiger partial charge in [0.2, 0.25) is 0 Å². The summed E-state index contributed by atoms with van der Waals surface area (Å²) < 4.78 is 0. The van der Waals surface area contributed by atoms with Crippen LogP contribution < -0.4 is 4.90 Å². The van der Waals surface area contributed by atoms with Crippen molar-refractivity contribution in [3.63, 3.8) is 0 Å². The number of hydrogen-bond donors (Lipinski definition) is 2. The minimum absolute atomic E-state index is 0.0158. The summed E-state index contributed by atoms with van der Waals surface area (Å²) in [5.41, 5.74) is 2.71. The maximum Gasteiger partial charge on any atom is 0.152 e. The number of aromatic amines is 1. The van der Waals surface area contributed by atoms with E-state index in [4.69, 9.17) is 0 Å². The monoisotopic (exact) mass is 304 g/mol. The zero-order valence-electron chi connectivity index (χ0n) is 12.7. The van der Waals surface area contributed by atoms with Crippen LogP contribution in [0.2, 0.25) is 0 Å². The van der Waals surface area contributed by atoms with Crippen molar-refractivity contribution in [2.75, 3.05) is 18.5 Å². The number of nitriles is 1. The number of likely N-dealkylation sites (N-methyl/N-ethyl adjacent to an activating group) is 1. The first-order valence-corrected chi connectivity index (χ1v) is 7.22. The minimum Gasteiger partial charge on any atom is -0.509 e. The van der Waals surface area contributed by atoms with E-state index in [1.54, 1.807) is 0 Å². The first-order chi connectivity index (χ1) is 11.2. The number of imidazole rings is 1.